The van der Waals surface area contributed by atoms with Gasteiger partial charge in [-0.1, -0.05) is 68.3 Å². The molecule has 170 valence electrons. The first-order valence-corrected chi connectivity index (χ1v) is 12.3. The Balaban J connectivity index is 1.18. The van der Waals surface area contributed by atoms with E-state index in [-0.39, 0.29) is 0 Å². The number of unbranched alkanes of at least 4 members (excludes halogenated alkanes) is 2. The van der Waals surface area contributed by atoms with Crippen molar-refractivity contribution < 1.29 is 4.74 Å². The number of hydrazone groups is 1. The number of hydrogen-bond acceptors (Lipinski definition) is 4. The summed E-state index contributed by atoms with van der Waals surface area (Å²) < 4.78 is 5.81. The maximum atomic E-state index is 5.81. The van der Waals surface area contributed by atoms with Gasteiger partial charge < -0.3 is 4.74 Å². The van der Waals surface area contributed by atoms with Gasteiger partial charge in [0, 0.05) is 26.2 Å². The van der Waals surface area contributed by atoms with Crippen molar-refractivity contribution in [1.29, 1.82) is 0 Å². The highest BCUT2D eigenvalue weighted by Gasteiger charge is 2.33. The van der Waals surface area contributed by atoms with Crippen molar-refractivity contribution in [1.82, 2.24) is 9.91 Å². The predicted octanol–water partition coefficient (Wildman–Crippen LogP) is 5.98. The van der Waals surface area contributed by atoms with Crippen LogP contribution in [0.25, 0.3) is 11.1 Å². The molecule has 1 fully saturated rings. The molecule has 4 nitrogen and oxygen atoms in total. The van der Waals surface area contributed by atoms with Gasteiger partial charge in [0.15, 0.2) is 0 Å². The van der Waals surface area contributed by atoms with Gasteiger partial charge in [0.2, 0.25) is 0 Å². The fourth-order valence-electron chi connectivity index (χ4n) is 4.95. The van der Waals surface area contributed by atoms with E-state index in [0.29, 0.717) is 6.04 Å². The summed E-state index contributed by atoms with van der Waals surface area (Å²) in [6.45, 7) is 6.90. The summed E-state index contributed by atoms with van der Waals surface area (Å²) in [4.78, 5) is 2.61. The minimum absolute atomic E-state index is 0.355. The highest BCUT2D eigenvalue weighted by molar-refractivity contribution is 5.79. The monoisotopic (exact) mass is 439 g/mol. The van der Waals surface area contributed by atoms with Crippen LogP contribution in [0.4, 0.5) is 0 Å². The fourth-order valence-corrected chi connectivity index (χ4v) is 4.95. The highest BCUT2D eigenvalue weighted by atomic mass is 16.5. The number of benzene rings is 3. The lowest BCUT2D eigenvalue weighted by Crippen LogP contribution is -2.45. The topological polar surface area (TPSA) is 28.1 Å². The quantitative estimate of drug-likeness (QED) is 0.319. The molecule has 1 heterocycles. The van der Waals surface area contributed by atoms with Gasteiger partial charge in [0.25, 0.3) is 0 Å². The summed E-state index contributed by atoms with van der Waals surface area (Å²) in [6, 6.07) is 26.3. The third-order valence-corrected chi connectivity index (χ3v) is 6.72. The number of nitrogens with zero attached hydrogens (tertiary/aromatic N) is 3. The van der Waals surface area contributed by atoms with Crippen LogP contribution < -0.4 is 4.74 Å². The molecule has 3 aromatic carbocycles. The molecule has 0 spiro atoms. The zero-order valence-corrected chi connectivity index (χ0v) is 19.5. The molecule has 0 radical (unpaired) electrons. The second-order valence-corrected chi connectivity index (χ2v) is 8.94. The standard InChI is InChI=1S/C29H33N3O/c1-2-3-8-21-33-24-15-13-23(14-16-24)22-30-32-19-17-31(18-20-32)29-27-11-6-4-9-25(27)26-10-5-7-12-28(26)29/h4-7,9-16,22,29H,2-3,8,17-21H2,1H3/b30-22-. The Morgan fingerprint density at radius 1 is 0.818 bits per heavy atom. The number of hydrogen-bond donors (Lipinski definition) is 0. The van der Waals surface area contributed by atoms with Gasteiger partial charge in [-0.25, -0.2) is 0 Å². The molecule has 1 aliphatic carbocycles. The summed E-state index contributed by atoms with van der Waals surface area (Å²) in [7, 11) is 0. The van der Waals surface area contributed by atoms with E-state index in [9.17, 15) is 0 Å². The van der Waals surface area contributed by atoms with Crippen LogP contribution >= 0.6 is 0 Å². The van der Waals surface area contributed by atoms with E-state index in [1.807, 2.05) is 18.3 Å². The molecule has 4 heteroatoms. The first-order valence-electron chi connectivity index (χ1n) is 12.3. The Morgan fingerprint density at radius 3 is 2.09 bits per heavy atom. The van der Waals surface area contributed by atoms with E-state index < -0.39 is 0 Å². The second kappa shape index (κ2) is 10.2. The van der Waals surface area contributed by atoms with Gasteiger partial charge in [-0.3, -0.25) is 9.91 Å². The smallest absolute Gasteiger partial charge is 0.119 e. The van der Waals surface area contributed by atoms with Crippen molar-refractivity contribution in [3.05, 3.63) is 89.5 Å². The Bertz CT molecular complexity index is 1040. The van der Waals surface area contributed by atoms with Gasteiger partial charge in [-0.15, -0.1) is 0 Å². The number of piperazine rings is 1. The largest absolute Gasteiger partial charge is 0.494 e. The Labute approximate surface area is 197 Å². The maximum Gasteiger partial charge on any atom is 0.119 e. The van der Waals surface area contributed by atoms with Crippen molar-refractivity contribution in [2.45, 2.75) is 32.2 Å². The normalized spacial score (nSPS) is 16.2. The van der Waals surface area contributed by atoms with Crippen LogP contribution in [0.1, 0.15) is 48.9 Å². The van der Waals surface area contributed by atoms with E-state index in [1.165, 1.54) is 35.1 Å². The highest BCUT2D eigenvalue weighted by Crippen LogP contribution is 2.46. The van der Waals surface area contributed by atoms with Gasteiger partial charge in [-0.05, 0) is 58.5 Å². The van der Waals surface area contributed by atoms with Crippen LogP contribution in [0.2, 0.25) is 0 Å². The number of fused-ring (bicyclic) bond motifs is 3. The average molecular weight is 440 g/mol. The lowest BCUT2D eigenvalue weighted by atomic mass is 10.0. The van der Waals surface area contributed by atoms with Gasteiger partial charge >= 0.3 is 0 Å². The lowest BCUT2D eigenvalue weighted by molar-refractivity contribution is 0.114. The van der Waals surface area contributed by atoms with E-state index in [1.54, 1.807) is 0 Å². The molecule has 2 aliphatic rings. The fraction of sp³-hybridized carbons (Fsp3) is 0.345. The summed E-state index contributed by atoms with van der Waals surface area (Å²) in [5.74, 6) is 0.939. The first kappa shape index (κ1) is 21.7. The van der Waals surface area contributed by atoms with Crippen LogP contribution in [-0.4, -0.2) is 48.9 Å². The summed E-state index contributed by atoms with van der Waals surface area (Å²) in [6.07, 6.45) is 5.52. The molecule has 5 rings (SSSR count). The molecule has 0 atom stereocenters. The Morgan fingerprint density at radius 2 is 1.45 bits per heavy atom. The Hall–Kier alpha value is -3.11. The third kappa shape index (κ3) is 4.81. The summed E-state index contributed by atoms with van der Waals surface area (Å²) in [5, 5.41) is 6.95. The molecule has 0 amide bonds. The molecule has 1 saturated heterocycles. The van der Waals surface area contributed by atoms with Crippen LogP contribution in [0.3, 0.4) is 0 Å². The molecule has 0 bridgehead atoms. The van der Waals surface area contributed by atoms with Crippen molar-refractivity contribution in [2.75, 3.05) is 32.8 Å². The van der Waals surface area contributed by atoms with E-state index in [2.05, 4.69) is 77.5 Å². The zero-order chi connectivity index (χ0) is 22.5. The Kier molecular flexibility index (Phi) is 6.73. The first-order chi connectivity index (χ1) is 16.3. The van der Waals surface area contributed by atoms with Gasteiger partial charge in [0.05, 0.1) is 18.9 Å². The van der Waals surface area contributed by atoms with Gasteiger partial charge in [-0.2, -0.15) is 5.10 Å². The average Bonchev–Trinajstić information content (AvgIpc) is 3.21. The molecule has 3 aromatic rings. The number of ether oxygens (including phenoxy) is 1. The van der Waals surface area contributed by atoms with Crippen molar-refractivity contribution in [2.24, 2.45) is 5.10 Å². The zero-order valence-electron chi connectivity index (χ0n) is 19.5. The molecule has 0 unspecified atom stereocenters. The molecule has 0 saturated carbocycles. The van der Waals surface area contributed by atoms with Crippen LogP contribution in [-0.2, 0) is 0 Å². The van der Waals surface area contributed by atoms with Crippen molar-refractivity contribution in [3.8, 4) is 16.9 Å². The minimum atomic E-state index is 0.355. The van der Waals surface area contributed by atoms with Crippen LogP contribution in [0, 0.1) is 0 Å². The van der Waals surface area contributed by atoms with Crippen LogP contribution in [0.15, 0.2) is 77.9 Å². The third-order valence-electron chi connectivity index (χ3n) is 6.72. The van der Waals surface area contributed by atoms with Gasteiger partial charge in [0.1, 0.15) is 5.75 Å². The SMILES string of the molecule is CCCCCOc1ccc(/C=N\N2CCN(C3c4ccccc4-c4ccccc43)CC2)cc1. The molecule has 33 heavy (non-hydrogen) atoms. The van der Waals surface area contributed by atoms with Crippen LogP contribution in [0.5, 0.6) is 5.75 Å². The maximum absolute atomic E-state index is 5.81. The molecule has 0 aromatic heterocycles. The molecular weight excluding hydrogens is 406 g/mol. The van der Waals surface area contributed by atoms with E-state index in [4.69, 9.17) is 9.84 Å². The van der Waals surface area contributed by atoms with Crippen molar-refractivity contribution in [3.63, 3.8) is 0 Å². The van der Waals surface area contributed by atoms with Crippen molar-refractivity contribution >= 4 is 6.21 Å². The predicted molar refractivity (Wildman–Crippen MR) is 136 cm³/mol. The molecular formula is C29H33N3O. The van der Waals surface area contributed by atoms with E-state index >= 15 is 0 Å². The lowest BCUT2D eigenvalue weighted by Gasteiger charge is -2.37. The molecule has 1 aliphatic heterocycles. The second-order valence-electron chi connectivity index (χ2n) is 8.94. The summed E-state index contributed by atoms with van der Waals surface area (Å²) in [5.41, 5.74) is 6.75. The minimum Gasteiger partial charge on any atom is -0.494 e. The molecule has 0 N–H and O–H groups in total. The number of rotatable bonds is 8. The summed E-state index contributed by atoms with van der Waals surface area (Å²) >= 11 is 0. The van der Waals surface area contributed by atoms with E-state index in [0.717, 1.165) is 50.5 Å².